The predicted molar refractivity (Wildman–Crippen MR) is 136 cm³/mol. The van der Waals surface area contributed by atoms with Crippen molar-refractivity contribution in [3.63, 3.8) is 0 Å². The fraction of sp³-hybridized carbons (Fsp3) is 0.280. The highest BCUT2D eigenvalue weighted by Crippen LogP contribution is 2.38. The summed E-state index contributed by atoms with van der Waals surface area (Å²) in [5.74, 6) is -0.493. The van der Waals surface area contributed by atoms with E-state index < -0.39 is 11.9 Å². The van der Waals surface area contributed by atoms with Crippen LogP contribution in [0.25, 0.3) is 22.2 Å². The van der Waals surface area contributed by atoms with E-state index in [0.29, 0.717) is 41.1 Å². The number of nitrogens with zero attached hydrogens (tertiary/aromatic N) is 5. The third-order valence-electron chi connectivity index (χ3n) is 6.14. The Morgan fingerprint density at radius 3 is 2.63 bits per heavy atom. The molecule has 0 radical (unpaired) electrons. The Balaban J connectivity index is 1.59. The highest BCUT2D eigenvalue weighted by atomic mass is 35.5. The zero-order valence-corrected chi connectivity index (χ0v) is 20.8. The molecule has 0 saturated carbocycles. The largest absolute Gasteiger partial charge is 0.382 e. The second-order valence-electron chi connectivity index (χ2n) is 8.19. The Morgan fingerprint density at radius 1 is 1.11 bits per heavy atom. The first kappa shape index (κ1) is 23.9. The zero-order valence-electron chi connectivity index (χ0n) is 19.2. The van der Waals surface area contributed by atoms with Gasteiger partial charge in [0.25, 0.3) is 0 Å². The van der Waals surface area contributed by atoms with Crippen LogP contribution in [0.1, 0.15) is 22.9 Å². The van der Waals surface area contributed by atoms with Crippen LogP contribution in [-0.4, -0.2) is 57.8 Å². The molecule has 0 aliphatic carbocycles. The highest BCUT2D eigenvalue weighted by Gasteiger charge is 2.24. The average Bonchev–Trinajstić information content (AvgIpc) is 2.91. The number of anilines is 1. The van der Waals surface area contributed by atoms with E-state index in [-0.39, 0.29) is 16.1 Å². The SMILES string of the molecule is CSc1ccc(C(O)c2cc(-c3ncnc4cc(N5CCOCC5)ccc34)c(F)c(C)c2Cl)nn1. The molecule has 1 unspecified atom stereocenters. The van der Waals surface area contributed by atoms with Crippen LogP contribution in [0.3, 0.4) is 0 Å². The van der Waals surface area contributed by atoms with Crippen LogP contribution in [0.4, 0.5) is 10.1 Å². The van der Waals surface area contributed by atoms with Crippen LogP contribution in [0.2, 0.25) is 5.02 Å². The van der Waals surface area contributed by atoms with Gasteiger partial charge in [0, 0.05) is 40.9 Å². The molecule has 4 aromatic rings. The Morgan fingerprint density at radius 2 is 1.91 bits per heavy atom. The summed E-state index contributed by atoms with van der Waals surface area (Å²) < 4.78 is 21.0. The Kier molecular flexibility index (Phi) is 6.84. The van der Waals surface area contributed by atoms with Crippen molar-refractivity contribution in [1.82, 2.24) is 20.2 Å². The van der Waals surface area contributed by atoms with Crippen molar-refractivity contribution in [2.75, 3.05) is 37.5 Å². The topological polar surface area (TPSA) is 84.3 Å². The van der Waals surface area contributed by atoms with Gasteiger partial charge in [-0.3, -0.25) is 0 Å². The molecule has 5 rings (SSSR count). The Labute approximate surface area is 211 Å². The molecular formula is C25H23ClFN5O2S. The minimum absolute atomic E-state index is 0.141. The number of rotatable bonds is 5. The minimum Gasteiger partial charge on any atom is -0.382 e. The number of morpholine rings is 1. The summed E-state index contributed by atoms with van der Waals surface area (Å²) in [6.45, 7) is 4.54. The molecular weight excluding hydrogens is 489 g/mol. The maximum absolute atomic E-state index is 15.5. The second kappa shape index (κ2) is 10.0. The number of thioether (sulfide) groups is 1. The first-order valence-corrected chi connectivity index (χ1v) is 12.7. The van der Waals surface area contributed by atoms with Crippen LogP contribution in [-0.2, 0) is 4.74 Å². The van der Waals surface area contributed by atoms with E-state index in [0.717, 1.165) is 23.8 Å². The average molecular weight is 512 g/mol. The quantitative estimate of drug-likeness (QED) is 0.381. The lowest BCUT2D eigenvalue weighted by molar-refractivity contribution is 0.122. The molecule has 1 fully saturated rings. The van der Waals surface area contributed by atoms with Gasteiger partial charge in [0.2, 0.25) is 0 Å². The standard InChI is InChI=1S/C25H23ClFN5O2S/c1-14-22(26)17(25(33)19-5-6-21(35-2)31-30-19)12-18(23(14)27)24-16-4-3-15(11-20(16)28-13-29-24)32-7-9-34-10-8-32/h3-6,11-13,25,33H,7-10H2,1-2H3. The molecule has 1 atom stereocenters. The normalized spacial score (nSPS) is 14.9. The van der Waals surface area contributed by atoms with Crippen molar-refractivity contribution in [3.8, 4) is 11.3 Å². The fourth-order valence-electron chi connectivity index (χ4n) is 4.19. The number of aliphatic hydroxyl groups is 1. The lowest BCUT2D eigenvalue weighted by Gasteiger charge is -2.29. The Hall–Kier alpha value is -2.85. The number of hydrogen-bond donors (Lipinski definition) is 1. The molecule has 1 N–H and O–H groups in total. The summed E-state index contributed by atoms with van der Waals surface area (Å²) in [6.07, 6.45) is 2.14. The first-order chi connectivity index (χ1) is 17.0. The van der Waals surface area contributed by atoms with Gasteiger partial charge >= 0.3 is 0 Å². The van der Waals surface area contributed by atoms with Crippen molar-refractivity contribution in [2.24, 2.45) is 0 Å². The van der Waals surface area contributed by atoms with Gasteiger partial charge in [-0.25, -0.2) is 14.4 Å². The zero-order chi connectivity index (χ0) is 24.5. The molecule has 0 spiro atoms. The summed E-state index contributed by atoms with van der Waals surface area (Å²) >= 11 is 7.93. The smallest absolute Gasteiger partial charge is 0.137 e. The van der Waals surface area contributed by atoms with Crippen molar-refractivity contribution >= 4 is 40.0 Å². The van der Waals surface area contributed by atoms with Crippen LogP contribution < -0.4 is 4.90 Å². The molecule has 1 saturated heterocycles. The van der Waals surface area contributed by atoms with E-state index in [4.69, 9.17) is 16.3 Å². The van der Waals surface area contributed by atoms with E-state index >= 15 is 4.39 Å². The maximum Gasteiger partial charge on any atom is 0.137 e. The number of aliphatic hydroxyl groups excluding tert-OH is 1. The fourth-order valence-corrected chi connectivity index (χ4v) is 4.76. The van der Waals surface area contributed by atoms with Crippen molar-refractivity contribution < 1.29 is 14.2 Å². The van der Waals surface area contributed by atoms with Gasteiger partial charge in [-0.1, -0.05) is 11.6 Å². The molecule has 35 heavy (non-hydrogen) atoms. The van der Waals surface area contributed by atoms with Gasteiger partial charge in [-0.2, -0.15) is 5.10 Å². The van der Waals surface area contributed by atoms with Gasteiger partial charge in [0.15, 0.2) is 0 Å². The second-order valence-corrected chi connectivity index (χ2v) is 9.40. The number of aromatic nitrogens is 4. The van der Waals surface area contributed by atoms with Crippen LogP contribution in [0, 0.1) is 12.7 Å². The molecule has 0 amide bonds. The predicted octanol–water partition coefficient (Wildman–Crippen LogP) is 4.83. The van der Waals surface area contributed by atoms with E-state index in [9.17, 15) is 5.11 Å². The van der Waals surface area contributed by atoms with E-state index in [1.165, 1.54) is 24.2 Å². The van der Waals surface area contributed by atoms with Crippen molar-refractivity contribution in [1.29, 1.82) is 0 Å². The van der Waals surface area contributed by atoms with E-state index in [2.05, 4.69) is 25.1 Å². The number of benzene rings is 2. The van der Waals surface area contributed by atoms with Crippen LogP contribution in [0.5, 0.6) is 0 Å². The lowest BCUT2D eigenvalue weighted by atomic mass is 9.96. The van der Waals surface area contributed by atoms with Gasteiger partial charge in [-0.15, -0.1) is 16.9 Å². The lowest BCUT2D eigenvalue weighted by Crippen LogP contribution is -2.36. The van der Waals surface area contributed by atoms with Gasteiger partial charge in [-0.05, 0) is 49.6 Å². The van der Waals surface area contributed by atoms with Crippen molar-refractivity contribution in [2.45, 2.75) is 18.1 Å². The molecule has 2 aromatic heterocycles. The number of halogens is 2. The summed E-state index contributed by atoms with van der Waals surface area (Å²) in [6, 6.07) is 10.9. The molecule has 180 valence electrons. The number of hydrogen-bond acceptors (Lipinski definition) is 8. The monoisotopic (exact) mass is 511 g/mol. The molecule has 1 aliphatic heterocycles. The van der Waals surface area contributed by atoms with Crippen molar-refractivity contribution in [3.05, 3.63) is 70.4 Å². The van der Waals surface area contributed by atoms with E-state index in [1.54, 1.807) is 19.1 Å². The Bertz CT molecular complexity index is 1380. The minimum atomic E-state index is -1.18. The number of fused-ring (bicyclic) bond motifs is 1. The molecule has 10 heteroatoms. The molecule has 1 aliphatic rings. The number of ether oxygens (including phenoxy) is 1. The molecule has 3 heterocycles. The summed E-state index contributed by atoms with van der Waals surface area (Å²) in [4.78, 5) is 11.1. The molecule has 7 nitrogen and oxygen atoms in total. The molecule has 0 bridgehead atoms. The van der Waals surface area contributed by atoms with Gasteiger partial charge < -0.3 is 14.7 Å². The highest BCUT2D eigenvalue weighted by molar-refractivity contribution is 7.98. The van der Waals surface area contributed by atoms with Gasteiger partial charge in [0.1, 0.15) is 23.3 Å². The third-order valence-corrected chi connectivity index (χ3v) is 7.28. The summed E-state index contributed by atoms with van der Waals surface area (Å²) in [7, 11) is 0. The maximum atomic E-state index is 15.5. The summed E-state index contributed by atoms with van der Waals surface area (Å²) in [5, 5.41) is 20.8. The van der Waals surface area contributed by atoms with E-state index in [1.807, 2.05) is 24.5 Å². The van der Waals surface area contributed by atoms with Crippen LogP contribution >= 0.6 is 23.4 Å². The third kappa shape index (κ3) is 4.56. The van der Waals surface area contributed by atoms with Crippen LogP contribution in [0.15, 0.2) is 47.8 Å². The molecule has 2 aromatic carbocycles. The first-order valence-electron chi connectivity index (χ1n) is 11.1. The van der Waals surface area contributed by atoms with Gasteiger partial charge in [0.05, 0.1) is 35.1 Å². The summed E-state index contributed by atoms with van der Waals surface area (Å²) in [5.41, 5.74) is 3.28.